The first kappa shape index (κ1) is 20.4. The van der Waals surface area contributed by atoms with Crippen LogP contribution in [0, 0.1) is 11.8 Å². The fourth-order valence-corrected chi connectivity index (χ4v) is 2.13. The smallest absolute Gasteiger partial charge is 0.340 e. The molecule has 0 unspecified atom stereocenters. The van der Waals surface area contributed by atoms with Gasteiger partial charge < -0.3 is 9.47 Å². The molecule has 28 heavy (non-hydrogen) atoms. The van der Waals surface area contributed by atoms with Crippen molar-refractivity contribution in [2.24, 2.45) is 0 Å². The van der Waals surface area contributed by atoms with Crippen LogP contribution in [0.25, 0.3) is 11.1 Å². The number of carbonyl (C=O) groups is 3. The number of ether oxygens (including phenoxy) is 2. The minimum atomic E-state index is -0.663. The molecule has 0 saturated heterocycles. The summed E-state index contributed by atoms with van der Waals surface area (Å²) in [4.78, 5) is 33.9. The molecule has 0 aromatic heterocycles. The van der Waals surface area contributed by atoms with Crippen molar-refractivity contribution in [3.05, 3.63) is 85.0 Å². The van der Waals surface area contributed by atoms with E-state index in [1.54, 1.807) is 24.3 Å². The van der Waals surface area contributed by atoms with Crippen LogP contribution in [0.5, 0.6) is 0 Å². The Bertz CT molecular complexity index is 941. The van der Waals surface area contributed by atoms with Crippen LogP contribution in [0.3, 0.4) is 0 Å². The maximum absolute atomic E-state index is 11.9. The molecule has 0 saturated carbocycles. The van der Waals surface area contributed by atoms with Crippen LogP contribution in [0.4, 0.5) is 0 Å². The highest BCUT2D eigenvalue weighted by atomic mass is 16.7. The second-order valence-electron chi connectivity index (χ2n) is 5.52. The molecule has 140 valence electrons. The van der Waals surface area contributed by atoms with Gasteiger partial charge in [-0.05, 0) is 41.5 Å². The van der Waals surface area contributed by atoms with Crippen molar-refractivity contribution < 1.29 is 23.9 Å². The van der Waals surface area contributed by atoms with Crippen LogP contribution in [-0.4, -0.2) is 24.5 Å². The third kappa shape index (κ3) is 6.11. The number of esters is 2. The molecule has 0 amide bonds. The number of rotatable bonds is 7. The van der Waals surface area contributed by atoms with E-state index in [4.69, 9.17) is 4.74 Å². The molecule has 2 rings (SSSR count). The fraction of sp³-hybridized carbons (Fsp3) is 0.0870. The van der Waals surface area contributed by atoms with Gasteiger partial charge in [-0.15, -0.1) is 0 Å². The van der Waals surface area contributed by atoms with Crippen molar-refractivity contribution in [1.29, 1.82) is 0 Å². The summed E-state index contributed by atoms with van der Waals surface area (Å²) in [6, 6.07) is 14.4. The lowest BCUT2D eigenvalue weighted by Crippen LogP contribution is -2.11. The van der Waals surface area contributed by atoms with Gasteiger partial charge in [-0.25, -0.2) is 9.59 Å². The normalized spacial score (nSPS) is 9.43. The molecule has 0 radical (unpaired) electrons. The van der Waals surface area contributed by atoms with Gasteiger partial charge in [-0.2, -0.15) is 0 Å². The largest absolute Gasteiger partial charge is 0.425 e. The van der Waals surface area contributed by atoms with E-state index in [2.05, 4.69) is 29.7 Å². The number of benzene rings is 2. The average Bonchev–Trinajstić information content (AvgIpc) is 2.74. The highest BCUT2D eigenvalue weighted by Crippen LogP contribution is 2.20. The first-order valence-corrected chi connectivity index (χ1v) is 8.34. The molecule has 0 aliphatic rings. The van der Waals surface area contributed by atoms with Crippen molar-refractivity contribution >= 4 is 17.7 Å². The van der Waals surface area contributed by atoms with E-state index in [1.165, 1.54) is 6.08 Å². The zero-order chi connectivity index (χ0) is 20.4. The summed E-state index contributed by atoms with van der Waals surface area (Å²) in [7, 11) is 0. The summed E-state index contributed by atoms with van der Waals surface area (Å²) in [5, 5.41) is 0. The summed E-state index contributed by atoms with van der Waals surface area (Å²) < 4.78 is 9.45. The predicted octanol–water partition coefficient (Wildman–Crippen LogP) is 3.69. The summed E-state index contributed by atoms with van der Waals surface area (Å²) >= 11 is 0. The Morgan fingerprint density at radius 1 is 0.857 bits per heavy atom. The van der Waals surface area contributed by atoms with Crippen LogP contribution in [0.2, 0.25) is 0 Å². The summed E-state index contributed by atoms with van der Waals surface area (Å²) in [5.41, 5.74) is 3.01. The molecule has 0 atom stereocenters. The van der Waals surface area contributed by atoms with Crippen molar-refractivity contribution in [2.75, 3.05) is 6.79 Å². The quantitative estimate of drug-likeness (QED) is 0.320. The molecule has 5 heteroatoms. The minimum absolute atomic E-state index is 0.110. The third-order valence-electron chi connectivity index (χ3n) is 3.62. The molecule has 2 aromatic carbocycles. The molecule has 0 aliphatic heterocycles. The van der Waals surface area contributed by atoms with Gasteiger partial charge >= 0.3 is 11.9 Å². The molecule has 0 aliphatic carbocycles. The average molecular weight is 374 g/mol. The predicted molar refractivity (Wildman–Crippen MR) is 105 cm³/mol. The van der Waals surface area contributed by atoms with Crippen LogP contribution in [0.1, 0.15) is 22.3 Å². The number of hydrogen-bond acceptors (Lipinski definition) is 5. The molecule has 0 bridgehead atoms. The molecule has 0 N–H and O–H groups in total. The van der Waals surface area contributed by atoms with E-state index >= 15 is 0 Å². The van der Waals surface area contributed by atoms with Gasteiger partial charge in [0.1, 0.15) is 0 Å². The van der Waals surface area contributed by atoms with Gasteiger partial charge in [0.15, 0.2) is 5.78 Å². The second kappa shape index (κ2) is 10.3. The Hall–Kier alpha value is -3.91. The molecule has 2 aromatic rings. The first-order valence-electron chi connectivity index (χ1n) is 8.34. The monoisotopic (exact) mass is 374 g/mol. The van der Waals surface area contributed by atoms with Gasteiger partial charge in [0.05, 0.1) is 12.0 Å². The third-order valence-corrected chi connectivity index (χ3v) is 3.62. The second-order valence-corrected chi connectivity index (χ2v) is 5.52. The molecule has 0 fully saturated rings. The lowest BCUT2D eigenvalue weighted by atomic mass is 10.0. The maximum Gasteiger partial charge on any atom is 0.340 e. The van der Waals surface area contributed by atoms with E-state index in [0.717, 1.165) is 22.8 Å². The van der Waals surface area contributed by atoms with Crippen LogP contribution < -0.4 is 0 Å². The van der Waals surface area contributed by atoms with Crippen LogP contribution in [0.15, 0.2) is 73.8 Å². The van der Waals surface area contributed by atoms with Crippen molar-refractivity contribution in [3.63, 3.8) is 0 Å². The van der Waals surface area contributed by atoms with Gasteiger partial charge in [0.25, 0.3) is 0 Å². The van der Waals surface area contributed by atoms with E-state index in [1.807, 2.05) is 24.3 Å². The summed E-state index contributed by atoms with van der Waals surface area (Å²) in [6.45, 7) is 6.18. The van der Waals surface area contributed by atoms with Crippen LogP contribution >= 0.6 is 0 Å². The summed E-state index contributed by atoms with van der Waals surface area (Å²) in [5.74, 6) is 4.36. The lowest BCUT2D eigenvalue weighted by Gasteiger charge is -2.06. The maximum atomic E-state index is 11.9. The van der Waals surface area contributed by atoms with Gasteiger partial charge in [-0.3, -0.25) is 4.79 Å². The highest BCUT2D eigenvalue weighted by Gasteiger charge is 2.08. The molecular formula is C23H18O5. The van der Waals surface area contributed by atoms with Crippen LogP contribution in [-0.2, 0) is 19.1 Å². The molecule has 5 nitrogen and oxygen atoms in total. The highest BCUT2D eigenvalue weighted by molar-refractivity contribution is 5.91. The Balaban J connectivity index is 1.98. The summed E-state index contributed by atoms with van der Waals surface area (Å²) in [6.07, 6.45) is 2.39. The lowest BCUT2D eigenvalue weighted by molar-refractivity contribution is -0.146. The van der Waals surface area contributed by atoms with E-state index in [9.17, 15) is 14.4 Å². The SMILES string of the molecule is C=CC(=O)CC#Cc1ccc(-c2ccc(C(=O)OCOC(=O)C=C)cc2)cc1. The molecule has 0 heterocycles. The van der Waals surface area contributed by atoms with E-state index in [0.29, 0.717) is 5.56 Å². The Labute approximate surface area is 163 Å². The standard InChI is InChI=1S/C23H18O5/c1-3-21(24)7-5-6-17-8-10-18(11-9-17)19-12-14-20(15-13-19)23(26)28-16-27-22(25)4-2/h3-4,8-15H,1-2,7,16H2. The van der Waals surface area contributed by atoms with E-state index < -0.39 is 18.7 Å². The Morgan fingerprint density at radius 2 is 1.46 bits per heavy atom. The molecular weight excluding hydrogens is 356 g/mol. The van der Waals surface area contributed by atoms with E-state index in [-0.39, 0.29) is 12.2 Å². The fourth-order valence-electron chi connectivity index (χ4n) is 2.13. The Kier molecular flexibility index (Phi) is 7.50. The zero-order valence-electron chi connectivity index (χ0n) is 15.1. The number of carbonyl (C=O) groups excluding carboxylic acids is 3. The Morgan fingerprint density at radius 3 is 2.04 bits per heavy atom. The van der Waals surface area contributed by atoms with Crippen molar-refractivity contribution in [2.45, 2.75) is 6.42 Å². The molecule has 0 spiro atoms. The topological polar surface area (TPSA) is 69.7 Å². The number of allylic oxidation sites excluding steroid dienone is 1. The van der Waals surface area contributed by atoms with Crippen molar-refractivity contribution in [3.8, 4) is 23.0 Å². The van der Waals surface area contributed by atoms with Gasteiger partial charge in [-0.1, -0.05) is 49.3 Å². The number of ketones is 1. The zero-order valence-corrected chi connectivity index (χ0v) is 15.1. The van der Waals surface area contributed by atoms with Gasteiger partial charge in [0, 0.05) is 11.6 Å². The van der Waals surface area contributed by atoms with Gasteiger partial charge in [0.2, 0.25) is 6.79 Å². The minimum Gasteiger partial charge on any atom is -0.425 e. The number of hydrogen-bond donors (Lipinski definition) is 0. The first-order chi connectivity index (χ1) is 13.5. The van der Waals surface area contributed by atoms with Crippen molar-refractivity contribution in [1.82, 2.24) is 0 Å².